The van der Waals surface area contributed by atoms with Crippen molar-refractivity contribution in [2.75, 3.05) is 5.32 Å². The highest BCUT2D eigenvalue weighted by Gasteiger charge is 2.10. The van der Waals surface area contributed by atoms with Gasteiger partial charge < -0.3 is 5.32 Å². The predicted octanol–water partition coefficient (Wildman–Crippen LogP) is 1.42. The third-order valence-corrected chi connectivity index (χ3v) is 3.86. The summed E-state index contributed by atoms with van der Waals surface area (Å²) < 4.78 is 15.1. The van der Waals surface area contributed by atoms with Gasteiger partial charge in [-0.25, -0.2) is 14.2 Å². The molecule has 26 heavy (non-hydrogen) atoms. The Morgan fingerprint density at radius 1 is 1.15 bits per heavy atom. The first-order valence-electron chi connectivity index (χ1n) is 7.67. The Balaban J connectivity index is 1.87. The maximum Gasteiger partial charge on any atom is 0.332 e. The average molecular weight is 354 g/mol. The number of nitrogens with zero attached hydrogens (tertiary/aromatic N) is 3. The van der Waals surface area contributed by atoms with Gasteiger partial charge in [0.05, 0.1) is 17.3 Å². The number of aromatic nitrogens is 3. The number of carbonyl (C=O) groups is 1. The molecule has 0 radical (unpaired) electrons. The first kappa shape index (κ1) is 17.3. The van der Waals surface area contributed by atoms with E-state index in [2.05, 4.69) is 10.3 Å². The van der Waals surface area contributed by atoms with E-state index < -0.39 is 17.2 Å². The molecule has 1 aromatic carbocycles. The van der Waals surface area contributed by atoms with Crippen molar-refractivity contribution >= 4 is 28.7 Å². The van der Waals surface area contributed by atoms with E-state index in [4.69, 9.17) is 0 Å². The summed E-state index contributed by atoms with van der Waals surface area (Å²) in [5.41, 5.74) is 0.254. The number of benzene rings is 1. The van der Waals surface area contributed by atoms with Crippen molar-refractivity contribution in [1.29, 1.82) is 0 Å². The van der Waals surface area contributed by atoms with Gasteiger partial charge in [0.2, 0.25) is 5.91 Å². The minimum Gasteiger partial charge on any atom is -0.321 e. The lowest BCUT2D eigenvalue weighted by Gasteiger charge is -2.08. The van der Waals surface area contributed by atoms with Gasteiger partial charge in [-0.05, 0) is 29.8 Å². The van der Waals surface area contributed by atoms with E-state index in [1.54, 1.807) is 12.1 Å². The highest BCUT2D eigenvalue weighted by Crippen LogP contribution is 2.12. The highest BCUT2D eigenvalue weighted by molar-refractivity contribution is 6.02. The van der Waals surface area contributed by atoms with Crippen LogP contribution in [0.15, 0.2) is 52.2 Å². The Labute approximate surface area is 147 Å². The molecule has 1 N–H and O–H groups in total. The van der Waals surface area contributed by atoms with Gasteiger partial charge >= 0.3 is 5.69 Å². The first-order valence-corrected chi connectivity index (χ1v) is 7.67. The molecule has 0 fully saturated rings. The second-order valence-corrected chi connectivity index (χ2v) is 5.68. The minimum atomic E-state index is -0.492. The summed E-state index contributed by atoms with van der Waals surface area (Å²) in [6.07, 6.45) is 4.19. The number of aryl methyl sites for hydroxylation is 1. The van der Waals surface area contributed by atoms with Crippen molar-refractivity contribution in [2.24, 2.45) is 14.1 Å². The number of carbonyl (C=O) groups excluding carboxylic acids is 1. The fraction of sp³-hybridized carbons (Fsp3) is 0.111. The molecule has 0 atom stereocenters. The maximum atomic E-state index is 12.9. The van der Waals surface area contributed by atoms with Crippen LogP contribution in [0.3, 0.4) is 0 Å². The van der Waals surface area contributed by atoms with Crippen LogP contribution in [0.1, 0.15) is 5.56 Å². The van der Waals surface area contributed by atoms with Crippen molar-refractivity contribution in [2.45, 2.75) is 0 Å². The Morgan fingerprint density at radius 3 is 2.54 bits per heavy atom. The smallest absolute Gasteiger partial charge is 0.321 e. The van der Waals surface area contributed by atoms with Gasteiger partial charge in [-0.1, -0.05) is 12.1 Å². The van der Waals surface area contributed by atoms with E-state index in [-0.39, 0.29) is 16.9 Å². The molecule has 3 rings (SSSR count). The second-order valence-electron chi connectivity index (χ2n) is 5.68. The Hall–Kier alpha value is -3.55. The number of pyridine rings is 1. The summed E-state index contributed by atoms with van der Waals surface area (Å²) in [5.74, 6) is -0.790. The summed E-state index contributed by atoms with van der Waals surface area (Å²) >= 11 is 0. The number of fused-ring (bicyclic) bond motifs is 1. The number of rotatable bonds is 3. The fourth-order valence-electron chi connectivity index (χ4n) is 2.46. The minimum absolute atomic E-state index is 0.218. The van der Waals surface area contributed by atoms with Gasteiger partial charge in [0.1, 0.15) is 11.5 Å². The lowest BCUT2D eigenvalue weighted by Crippen LogP contribution is -2.37. The van der Waals surface area contributed by atoms with Gasteiger partial charge in [-0.15, -0.1) is 0 Å². The van der Waals surface area contributed by atoms with Crippen LogP contribution in [-0.2, 0) is 18.9 Å². The standard InChI is InChI=1S/C18H15FN4O3/c1-22-16-14(17(25)23(2)18(22)26)9-13(10-20-16)21-15(24)8-5-11-3-6-12(19)7-4-11/h3-10H,1-2H3,(H,21,24)/b8-5+. The monoisotopic (exact) mass is 354 g/mol. The van der Waals surface area contributed by atoms with Crippen molar-refractivity contribution < 1.29 is 9.18 Å². The molecule has 0 saturated heterocycles. The molecule has 7 nitrogen and oxygen atoms in total. The maximum absolute atomic E-state index is 12.9. The molecular formula is C18H15FN4O3. The van der Waals surface area contributed by atoms with E-state index in [0.29, 0.717) is 11.3 Å². The van der Waals surface area contributed by atoms with Crippen molar-refractivity contribution in [3.05, 3.63) is 74.8 Å². The van der Waals surface area contributed by atoms with E-state index in [9.17, 15) is 18.8 Å². The van der Waals surface area contributed by atoms with Crippen LogP contribution >= 0.6 is 0 Å². The van der Waals surface area contributed by atoms with Gasteiger partial charge in [0.25, 0.3) is 5.56 Å². The van der Waals surface area contributed by atoms with Crippen LogP contribution in [0, 0.1) is 5.82 Å². The van der Waals surface area contributed by atoms with Crippen LogP contribution in [0.4, 0.5) is 10.1 Å². The Morgan fingerprint density at radius 2 is 1.85 bits per heavy atom. The van der Waals surface area contributed by atoms with Crippen molar-refractivity contribution in [3.8, 4) is 0 Å². The molecule has 132 valence electrons. The molecule has 2 aromatic heterocycles. The van der Waals surface area contributed by atoms with Gasteiger partial charge in [-0.2, -0.15) is 0 Å². The van der Waals surface area contributed by atoms with E-state index in [0.717, 1.165) is 4.57 Å². The predicted molar refractivity (Wildman–Crippen MR) is 96.3 cm³/mol. The number of anilines is 1. The summed E-state index contributed by atoms with van der Waals surface area (Å²) in [4.78, 5) is 40.2. The number of amides is 1. The summed E-state index contributed by atoms with van der Waals surface area (Å²) in [5, 5.41) is 2.82. The van der Waals surface area contributed by atoms with Gasteiger partial charge in [0, 0.05) is 20.2 Å². The molecule has 8 heteroatoms. The molecule has 0 aliphatic heterocycles. The molecule has 3 aromatic rings. The van der Waals surface area contributed by atoms with Crippen LogP contribution in [0.2, 0.25) is 0 Å². The molecule has 0 bridgehead atoms. The molecule has 1 amide bonds. The normalized spacial score (nSPS) is 11.2. The Kier molecular flexibility index (Phi) is 4.49. The van der Waals surface area contributed by atoms with Crippen molar-refractivity contribution in [3.63, 3.8) is 0 Å². The number of halogens is 1. The van der Waals surface area contributed by atoms with Crippen molar-refractivity contribution in [1.82, 2.24) is 14.1 Å². The fourth-order valence-corrected chi connectivity index (χ4v) is 2.46. The van der Waals surface area contributed by atoms with Crippen LogP contribution < -0.4 is 16.6 Å². The molecule has 0 aliphatic carbocycles. The molecule has 2 heterocycles. The lowest BCUT2D eigenvalue weighted by molar-refractivity contribution is -0.111. The zero-order chi connectivity index (χ0) is 18.8. The largest absolute Gasteiger partial charge is 0.332 e. The molecular weight excluding hydrogens is 339 g/mol. The summed E-state index contributed by atoms with van der Waals surface area (Å²) in [7, 11) is 2.89. The number of hydrogen-bond acceptors (Lipinski definition) is 4. The highest BCUT2D eigenvalue weighted by atomic mass is 19.1. The van der Waals surface area contributed by atoms with Gasteiger partial charge in [-0.3, -0.25) is 18.7 Å². The molecule has 0 unspecified atom stereocenters. The Bertz CT molecular complexity index is 1140. The van der Waals surface area contributed by atoms with E-state index in [1.165, 1.54) is 55.2 Å². The van der Waals surface area contributed by atoms with Crippen LogP contribution in [0.25, 0.3) is 17.1 Å². The summed E-state index contributed by atoms with van der Waals surface area (Å²) in [6.45, 7) is 0. The third-order valence-electron chi connectivity index (χ3n) is 3.86. The lowest BCUT2D eigenvalue weighted by atomic mass is 10.2. The first-order chi connectivity index (χ1) is 12.4. The van der Waals surface area contributed by atoms with E-state index in [1.807, 2.05) is 0 Å². The topological polar surface area (TPSA) is 86.0 Å². The van der Waals surface area contributed by atoms with E-state index >= 15 is 0 Å². The second kappa shape index (κ2) is 6.75. The van der Waals surface area contributed by atoms with Crippen LogP contribution in [0.5, 0.6) is 0 Å². The van der Waals surface area contributed by atoms with Gasteiger partial charge in [0.15, 0.2) is 0 Å². The molecule has 0 spiro atoms. The average Bonchev–Trinajstić information content (AvgIpc) is 2.64. The SMILES string of the molecule is Cn1c(=O)c2cc(NC(=O)/C=C/c3ccc(F)cc3)cnc2n(C)c1=O. The zero-order valence-electron chi connectivity index (χ0n) is 14.1. The summed E-state index contributed by atoms with van der Waals surface area (Å²) in [6, 6.07) is 7.14. The zero-order valence-corrected chi connectivity index (χ0v) is 14.1. The third kappa shape index (κ3) is 3.30. The quantitative estimate of drug-likeness (QED) is 0.721. The van der Waals surface area contributed by atoms with Crippen LogP contribution in [-0.4, -0.2) is 20.0 Å². The number of hydrogen-bond donors (Lipinski definition) is 1. The number of nitrogens with one attached hydrogen (secondary N) is 1. The molecule has 0 saturated carbocycles. The molecule has 0 aliphatic rings.